The third-order valence-corrected chi connectivity index (χ3v) is 3.96. The Kier molecular flexibility index (Phi) is 5.18. The average Bonchev–Trinajstić information content (AvgIpc) is 2.63. The van der Waals surface area contributed by atoms with Gasteiger partial charge in [0, 0.05) is 37.6 Å². The molecular weight excluding hydrogens is 304 g/mol. The number of benzene rings is 2. The van der Waals surface area contributed by atoms with Crippen molar-refractivity contribution < 1.29 is 9.53 Å². The van der Waals surface area contributed by atoms with Crippen LogP contribution in [-0.2, 0) is 0 Å². The molecule has 1 saturated heterocycles. The Morgan fingerprint density at radius 1 is 1.04 bits per heavy atom. The van der Waals surface area contributed by atoms with Crippen molar-refractivity contribution in [3.63, 3.8) is 0 Å². The van der Waals surface area contributed by atoms with Crippen molar-refractivity contribution >= 4 is 23.1 Å². The molecule has 2 aromatic carbocycles. The van der Waals surface area contributed by atoms with Gasteiger partial charge in [0.2, 0.25) is 0 Å². The van der Waals surface area contributed by atoms with Gasteiger partial charge in [-0.2, -0.15) is 0 Å². The molecule has 0 bridgehead atoms. The van der Waals surface area contributed by atoms with Crippen molar-refractivity contribution in [1.82, 2.24) is 5.32 Å². The summed E-state index contributed by atoms with van der Waals surface area (Å²) in [6.07, 6.45) is 0. The van der Waals surface area contributed by atoms with Crippen molar-refractivity contribution in [1.29, 1.82) is 0 Å². The Balaban J connectivity index is 1.60. The molecule has 0 saturated carbocycles. The molecule has 3 N–H and O–H groups in total. The van der Waals surface area contributed by atoms with Crippen LogP contribution in [0.25, 0.3) is 0 Å². The standard InChI is InChI=1S/C18H22N4O2/c1-24-17-5-3-2-4-16(17)21-18(23)20-14-6-8-15(9-7-14)22-12-10-19-11-13-22/h2-9,19H,10-13H2,1H3,(H2,20,21,23). The molecule has 6 heteroatoms. The molecule has 1 heterocycles. The van der Waals surface area contributed by atoms with Gasteiger partial charge in [-0.3, -0.25) is 0 Å². The lowest BCUT2D eigenvalue weighted by atomic mass is 10.2. The number of amides is 2. The fourth-order valence-electron chi connectivity index (χ4n) is 2.71. The summed E-state index contributed by atoms with van der Waals surface area (Å²) >= 11 is 0. The van der Waals surface area contributed by atoms with E-state index in [1.165, 1.54) is 5.69 Å². The van der Waals surface area contributed by atoms with Crippen LogP contribution in [0.5, 0.6) is 5.75 Å². The highest BCUT2D eigenvalue weighted by atomic mass is 16.5. The van der Waals surface area contributed by atoms with E-state index in [1.54, 1.807) is 19.2 Å². The van der Waals surface area contributed by atoms with Gasteiger partial charge in [0.15, 0.2) is 0 Å². The molecule has 3 rings (SSSR count). The summed E-state index contributed by atoms with van der Waals surface area (Å²) in [5.74, 6) is 0.627. The average molecular weight is 326 g/mol. The van der Waals surface area contributed by atoms with Crippen LogP contribution >= 0.6 is 0 Å². The molecule has 126 valence electrons. The number of nitrogens with zero attached hydrogens (tertiary/aromatic N) is 1. The van der Waals surface area contributed by atoms with E-state index in [-0.39, 0.29) is 6.03 Å². The summed E-state index contributed by atoms with van der Waals surface area (Å²) in [5, 5.41) is 8.97. The van der Waals surface area contributed by atoms with Crippen LogP contribution in [0.1, 0.15) is 0 Å². The maximum atomic E-state index is 12.1. The van der Waals surface area contributed by atoms with Crippen LogP contribution < -0.4 is 25.6 Å². The first-order chi connectivity index (χ1) is 11.8. The lowest BCUT2D eigenvalue weighted by Crippen LogP contribution is -2.43. The third kappa shape index (κ3) is 3.97. The first-order valence-electron chi connectivity index (χ1n) is 8.03. The number of hydrogen-bond acceptors (Lipinski definition) is 4. The number of urea groups is 1. The molecule has 1 aliphatic heterocycles. The molecular formula is C18H22N4O2. The molecule has 0 aromatic heterocycles. The van der Waals surface area contributed by atoms with Crippen LogP contribution in [0.3, 0.4) is 0 Å². The number of ether oxygens (including phenoxy) is 1. The second-order valence-electron chi connectivity index (χ2n) is 5.56. The number of hydrogen-bond donors (Lipinski definition) is 3. The molecule has 2 aromatic rings. The van der Waals surface area contributed by atoms with Gasteiger partial charge >= 0.3 is 6.03 Å². The minimum atomic E-state index is -0.297. The molecule has 6 nitrogen and oxygen atoms in total. The van der Waals surface area contributed by atoms with Gasteiger partial charge in [-0.05, 0) is 36.4 Å². The molecule has 2 amide bonds. The van der Waals surface area contributed by atoms with Crippen molar-refractivity contribution in [3.05, 3.63) is 48.5 Å². The molecule has 0 spiro atoms. The Morgan fingerprint density at radius 2 is 1.75 bits per heavy atom. The van der Waals surface area contributed by atoms with Crippen molar-refractivity contribution in [2.45, 2.75) is 0 Å². The number of anilines is 3. The SMILES string of the molecule is COc1ccccc1NC(=O)Nc1ccc(N2CCNCC2)cc1. The fraction of sp³-hybridized carbons (Fsp3) is 0.278. The van der Waals surface area contributed by atoms with Gasteiger partial charge < -0.3 is 25.6 Å². The van der Waals surface area contributed by atoms with Crippen LogP contribution in [0.15, 0.2) is 48.5 Å². The van der Waals surface area contributed by atoms with Gasteiger partial charge in [0.05, 0.1) is 12.8 Å². The quantitative estimate of drug-likeness (QED) is 0.808. The van der Waals surface area contributed by atoms with Crippen LogP contribution in [-0.4, -0.2) is 39.3 Å². The zero-order valence-corrected chi connectivity index (χ0v) is 13.7. The Labute approximate surface area is 141 Å². The topological polar surface area (TPSA) is 65.6 Å². The first-order valence-corrected chi connectivity index (χ1v) is 8.03. The number of carbonyl (C=O) groups is 1. The lowest BCUT2D eigenvalue weighted by Gasteiger charge is -2.29. The van der Waals surface area contributed by atoms with Gasteiger partial charge in [0.25, 0.3) is 0 Å². The normalized spacial score (nSPS) is 14.1. The van der Waals surface area contributed by atoms with Gasteiger partial charge in [0.1, 0.15) is 5.75 Å². The number of nitrogens with one attached hydrogen (secondary N) is 3. The van der Waals surface area contributed by atoms with Gasteiger partial charge in [-0.1, -0.05) is 12.1 Å². The van der Waals surface area contributed by atoms with E-state index in [0.717, 1.165) is 31.9 Å². The molecule has 1 fully saturated rings. The predicted octanol–water partition coefficient (Wildman–Crippen LogP) is 2.75. The smallest absolute Gasteiger partial charge is 0.323 e. The third-order valence-electron chi connectivity index (χ3n) is 3.96. The highest BCUT2D eigenvalue weighted by Crippen LogP contribution is 2.23. The molecule has 1 aliphatic rings. The van der Waals surface area contributed by atoms with E-state index in [2.05, 4.69) is 20.9 Å². The van der Waals surface area contributed by atoms with Crippen molar-refractivity contribution in [3.8, 4) is 5.75 Å². The fourth-order valence-corrected chi connectivity index (χ4v) is 2.71. The van der Waals surface area contributed by atoms with Crippen LogP contribution in [0, 0.1) is 0 Å². The van der Waals surface area contributed by atoms with Crippen LogP contribution in [0.2, 0.25) is 0 Å². The summed E-state index contributed by atoms with van der Waals surface area (Å²) in [6.45, 7) is 4.00. The molecule has 0 atom stereocenters. The predicted molar refractivity (Wildman–Crippen MR) is 97.2 cm³/mol. The van der Waals surface area contributed by atoms with Crippen LogP contribution in [0.4, 0.5) is 21.9 Å². The summed E-state index contributed by atoms with van der Waals surface area (Å²) in [4.78, 5) is 14.5. The Bertz CT molecular complexity index is 682. The minimum absolute atomic E-state index is 0.297. The Morgan fingerprint density at radius 3 is 2.46 bits per heavy atom. The molecule has 0 unspecified atom stereocenters. The highest BCUT2D eigenvalue weighted by molar-refractivity contribution is 6.00. The molecule has 24 heavy (non-hydrogen) atoms. The van der Waals surface area contributed by atoms with E-state index in [1.807, 2.05) is 36.4 Å². The number of piperazine rings is 1. The lowest BCUT2D eigenvalue weighted by molar-refractivity contribution is 0.262. The van der Waals surface area contributed by atoms with Gasteiger partial charge in [-0.15, -0.1) is 0 Å². The largest absolute Gasteiger partial charge is 0.495 e. The molecule has 0 aliphatic carbocycles. The zero-order valence-electron chi connectivity index (χ0n) is 13.7. The van der Waals surface area contributed by atoms with E-state index >= 15 is 0 Å². The second-order valence-corrected chi connectivity index (χ2v) is 5.56. The zero-order chi connectivity index (χ0) is 16.8. The second kappa shape index (κ2) is 7.70. The Hall–Kier alpha value is -2.73. The summed E-state index contributed by atoms with van der Waals surface area (Å²) in [6, 6.07) is 14.9. The van der Waals surface area contributed by atoms with Gasteiger partial charge in [-0.25, -0.2) is 4.79 Å². The number of methoxy groups -OCH3 is 1. The maximum Gasteiger partial charge on any atom is 0.323 e. The number of para-hydroxylation sites is 2. The summed E-state index contributed by atoms with van der Waals surface area (Å²) in [7, 11) is 1.58. The molecule has 0 radical (unpaired) electrons. The maximum absolute atomic E-state index is 12.1. The van der Waals surface area contributed by atoms with E-state index in [9.17, 15) is 4.79 Å². The summed E-state index contributed by atoms with van der Waals surface area (Å²) < 4.78 is 5.23. The monoisotopic (exact) mass is 326 g/mol. The summed E-state index contributed by atoms with van der Waals surface area (Å²) in [5.41, 5.74) is 2.56. The van der Waals surface area contributed by atoms with Crippen molar-refractivity contribution in [2.75, 3.05) is 48.8 Å². The van der Waals surface area contributed by atoms with E-state index < -0.39 is 0 Å². The van der Waals surface area contributed by atoms with E-state index in [4.69, 9.17) is 4.74 Å². The number of rotatable bonds is 4. The minimum Gasteiger partial charge on any atom is -0.495 e. The number of carbonyl (C=O) groups excluding carboxylic acids is 1. The van der Waals surface area contributed by atoms with Crippen molar-refractivity contribution in [2.24, 2.45) is 0 Å². The first kappa shape index (κ1) is 16.1. The van der Waals surface area contributed by atoms with E-state index in [0.29, 0.717) is 11.4 Å². The highest BCUT2D eigenvalue weighted by Gasteiger charge is 2.11.